The van der Waals surface area contributed by atoms with Crippen molar-refractivity contribution in [3.8, 4) is 11.5 Å². The Morgan fingerprint density at radius 3 is 2.76 bits per heavy atom. The Bertz CT molecular complexity index is 429. The largest absolute Gasteiger partial charge is 0.454 e. The minimum atomic E-state index is 0.160. The van der Waals surface area contributed by atoms with E-state index in [4.69, 9.17) is 9.47 Å². The fourth-order valence-corrected chi connectivity index (χ4v) is 1.84. The number of aryl methyl sites for hydroxylation is 1. The van der Waals surface area contributed by atoms with Gasteiger partial charge in [0.1, 0.15) is 5.78 Å². The quantitative estimate of drug-likeness (QED) is 0.785. The molecule has 4 nitrogen and oxygen atoms in total. The summed E-state index contributed by atoms with van der Waals surface area (Å²) in [5, 5.41) is 3.11. The van der Waals surface area contributed by atoms with Crippen LogP contribution in [0.25, 0.3) is 0 Å². The molecule has 92 valence electrons. The van der Waals surface area contributed by atoms with Gasteiger partial charge in [0.25, 0.3) is 0 Å². The summed E-state index contributed by atoms with van der Waals surface area (Å²) >= 11 is 0. The van der Waals surface area contributed by atoms with Crippen LogP contribution >= 0.6 is 0 Å². The number of carbonyl (C=O) groups excluding carboxylic acids is 1. The molecule has 0 spiro atoms. The minimum Gasteiger partial charge on any atom is -0.454 e. The third-order valence-corrected chi connectivity index (χ3v) is 2.78. The van der Waals surface area contributed by atoms with Crippen LogP contribution in [0.4, 0.5) is 0 Å². The van der Waals surface area contributed by atoms with E-state index in [1.165, 1.54) is 11.1 Å². The first-order valence-electron chi connectivity index (χ1n) is 5.76. The Morgan fingerprint density at radius 2 is 2.06 bits per heavy atom. The molecule has 0 saturated heterocycles. The van der Waals surface area contributed by atoms with Gasteiger partial charge in [-0.25, -0.2) is 0 Å². The van der Waals surface area contributed by atoms with Gasteiger partial charge in [-0.1, -0.05) is 0 Å². The molecule has 0 unspecified atom stereocenters. The second kappa shape index (κ2) is 5.19. The summed E-state index contributed by atoms with van der Waals surface area (Å²) in [6.07, 6.45) is 0.885. The van der Waals surface area contributed by atoms with Crippen LogP contribution in [0.15, 0.2) is 12.1 Å². The first-order chi connectivity index (χ1) is 8.16. The van der Waals surface area contributed by atoms with E-state index in [-0.39, 0.29) is 5.78 Å². The van der Waals surface area contributed by atoms with Gasteiger partial charge in [-0.2, -0.15) is 0 Å². The fourth-order valence-electron chi connectivity index (χ4n) is 1.84. The van der Waals surface area contributed by atoms with Gasteiger partial charge in [0, 0.05) is 0 Å². The lowest BCUT2D eigenvalue weighted by atomic mass is 10.0. The van der Waals surface area contributed by atoms with Crippen molar-refractivity contribution >= 4 is 5.78 Å². The molecule has 1 aromatic rings. The molecule has 1 heterocycles. The fraction of sp³-hybridized carbons (Fsp3) is 0.462. The molecule has 0 fully saturated rings. The molecule has 0 radical (unpaired) electrons. The van der Waals surface area contributed by atoms with Crippen LogP contribution in [-0.2, 0) is 11.2 Å². The number of fused-ring (bicyclic) bond motifs is 1. The Labute approximate surface area is 101 Å². The third-order valence-electron chi connectivity index (χ3n) is 2.78. The SMILES string of the molecule is CC(=O)CNCCc1cc2c(cc1C)OCO2. The number of Topliss-reactive ketones (excluding diaryl/α,β-unsaturated/α-hetero) is 1. The average Bonchev–Trinajstić information content (AvgIpc) is 2.71. The van der Waals surface area contributed by atoms with E-state index in [2.05, 4.69) is 12.2 Å². The van der Waals surface area contributed by atoms with Crippen molar-refractivity contribution in [1.82, 2.24) is 5.32 Å². The predicted octanol–water partition coefficient (Wildman–Crippen LogP) is 1.44. The zero-order chi connectivity index (χ0) is 12.3. The van der Waals surface area contributed by atoms with Gasteiger partial charge in [-0.05, 0) is 50.1 Å². The van der Waals surface area contributed by atoms with E-state index in [0.29, 0.717) is 13.3 Å². The summed E-state index contributed by atoms with van der Waals surface area (Å²) in [6, 6.07) is 4.02. The van der Waals surface area contributed by atoms with Gasteiger partial charge in [-0.3, -0.25) is 4.79 Å². The molecule has 1 aliphatic heterocycles. The second-order valence-electron chi connectivity index (χ2n) is 4.26. The van der Waals surface area contributed by atoms with Gasteiger partial charge in [0.15, 0.2) is 11.5 Å². The molecular weight excluding hydrogens is 218 g/mol. The van der Waals surface area contributed by atoms with E-state index in [9.17, 15) is 4.79 Å². The number of hydrogen-bond acceptors (Lipinski definition) is 4. The van der Waals surface area contributed by atoms with Crippen molar-refractivity contribution in [1.29, 1.82) is 0 Å². The molecule has 2 rings (SSSR count). The van der Waals surface area contributed by atoms with Crippen molar-refractivity contribution in [2.24, 2.45) is 0 Å². The van der Waals surface area contributed by atoms with Crippen LogP contribution in [0, 0.1) is 6.92 Å². The summed E-state index contributed by atoms with van der Waals surface area (Å²) in [5.74, 6) is 1.80. The molecule has 1 aliphatic rings. The van der Waals surface area contributed by atoms with Crippen molar-refractivity contribution in [3.05, 3.63) is 23.3 Å². The lowest BCUT2D eigenvalue weighted by molar-refractivity contribution is -0.116. The normalized spacial score (nSPS) is 12.8. The Balaban J connectivity index is 1.94. The highest BCUT2D eigenvalue weighted by atomic mass is 16.7. The smallest absolute Gasteiger partial charge is 0.231 e. The molecule has 0 aromatic heterocycles. The molecule has 0 amide bonds. The standard InChI is InChI=1S/C13H17NO3/c1-9-5-12-13(17-8-16-12)6-11(9)3-4-14-7-10(2)15/h5-6,14H,3-4,7-8H2,1-2H3. The lowest BCUT2D eigenvalue weighted by Gasteiger charge is -2.08. The van der Waals surface area contributed by atoms with Crippen molar-refractivity contribution in [3.63, 3.8) is 0 Å². The summed E-state index contributed by atoms with van der Waals surface area (Å²) in [7, 11) is 0. The first kappa shape index (κ1) is 11.9. The lowest BCUT2D eigenvalue weighted by Crippen LogP contribution is -2.23. The van der Waals surface area contributed by atoms with E-state index in [1.807, 2.05) is 12.1 Å². The summed E-state index contributed by atoms with van der Waals surface area (Å²) < 4.78 is 10.7. The topological polar surface area (TPSA) is 47.6 Å². The maximum Gasteiger partial charge on any atom is 0.231 e. The number of benzene rings is 1. The molecule has 0 saturated carbocycles. The van der Waals surface area contributed by atoms with Gasteiger partial charge >= 0.3 is 0 Å². The van der Waals surface area contributed by atoms with Crippen LogP contribution in [0.3, 0.4) is 0 Å². The van der Waals surface area contributed by atoms with Crippen LogP contribution in [0.5, 0.6) is 11.5 Å². The van der Waals surface area contributed by atoms with Crippen LogP contribution in [0.2, 0.25) is 0 Å². The molecule has 17 heavy (non-hydrogen) atoms. The summed E-state index contributed by atoms with van der Waals surface area (Å²) in [4.78, 5) is 10.8. The monoisotopic (exact) mass is 235 g/mol. The molecule has 1 N–H and O–H groups in total. The molecule has 0 bridgehead atoms. The highest BCUT2D eigenvalue weighted by Crippen LogP contribution is 2.34. The highest BCUT2D eigenvalue weighted by molar-refractivity contribution is 5.77. The third kappa shape index (κ3) is 2.97. The van der Waals surface area contributed by atoms with Gasteiger partial charge in [0.2, 0.25) is 6.79 Å². The van der Waals surface area contributed by atoms with E-state index in [1.54, 1.807) is 6.92 Å². The average molecular weight is 235 g/mol. The van der Waals surface area contributed by atoms with E-state index >= 15 is 0 Å². The highest BCUT2D eigenvalue weighted by Gasteiger charge is 2.15. The number of ether oxygens (including phenoxy) is 2. The van der Waals surface area contributed by atoms with E-state index < -0.39 is 0 Å². The maximum absolute atomic E-state index is 10.8. The van der Waals surface area contributed by atoms with Gasteiger partial charge in [0.05, 0.1) is 6.54 Å². The Morgan fingerprint density at radius 1 is 1.35 bits per heavy atom. The minimum absolute atomic E-state index is 0.160. The Hall–Kier alpha value is -1.55. The summed E-state index contributed by atoms with van der Waals surface area (Å²) in [6.45, 7) is 5.17. The molecule has 4 heteroatoms. The van der Waals surface area contributed by atoms with Gasteiger partial charge < -0.3 is 14.8 Å². The molecule has 0 atom stereocenters. The molecule has 1 aromatic carbocycles. The number of hydrogen-bond donors (Lipinski definition) is 1. The van der Waals surface area contributed by atoms with Crippen LogP contribution < -0.4 is 14.8 Å². The second-order valence-corrected chi connectivity index (χ2v) is 4.26. The number of nitrogens with one attached hydrogen (secondary N) is 1. The zero-order valence-electron chi connectivity index (χ0n) is 10.2. The van der Waals surface area contributed by atoms with Crippen molar-refractivity contribution in [2.45, 2.75) is 20.3 Å². The van der Waals surface area contributed by atoms with Crippen LogP contribution in [0.1, 0.15) is 18.1 Å². The van der Waals surface area contributed by atoms with Crippen molar-refractivity contribution in [2.75, 3.05) is 19.9 Å². The predicted molar refractivity (Wildman–Crippen MR) is 64.6 cm³/mol. The number of rotatable bonds is 5. The molecular formula is C13H17NO3. The first-order valence-corrected chi connectivity index (χ1v) is 5.76. The number of carbonyl (C=O) groups is 1. The van der Waals surface area contributed by atoms with Crippen molar-refractivity contribution < 1.29 is 14.3 Å². The zero-order valence-corrected chi connectivity index (χ0v) is 10.2. The van der Waals surface area contributed by atoms with Gasteiger partial charge in [-0.15, -0.1) is 0 Å². The Kier molecular flexibility index (Phi) is 3.64. The van der Waals surface area contributed by atoms with E-state index in [0.717, 1.165) is 24.5 Å². The number of ketones is 1. The molecule has 0 aliphatic carbocycles. The van der Waals surface area contributed by atoms with Crippen LogP contribution in [-0.4, -0.2) is 25.7 Å². The summed E-state index contributed by atoms with van der Waals surface area (Å²) in [5.41, 5.74) is 2.42. The maximum atomic E-state index is 10.8.